The van der Waals surface area contributed by atoms with E-state index in [2.05, 4.69) is 18.0 Å². The minimum atomic E-state index is -1.20. The molecule has 1 N–H and O–H groups in total. The molecule has 3 heterocycles. The molecule has 4 aromatic rings. The number of para-hydroxylation sites is 1. The van der Waals surface area contributed by atoms with Crippen LogP contribution >= 0.6 is 0 Å². The number of hydrogen-bond donors (Lipinski definition) is 1. The fraction of sp³-hybridized carbons (Fsp3) is 0.371. The van der Waals surface area contributed by atoms with Gasteiger partial charge in [0.1, 0.15) is 6.54 Å². The van der Waals surface area contributed by atoms with Crippen LogP contribution in [-0.4, -0.2) is 67.1 Å². The number of piperazine rings is 1. The van der Waals surface area contributed by atoms with Gasteiger partial charge in [-0.2, -0.15) is 0 Å². The van der Waals surface area contributed by atoms with Crippen LogP contribution in [0.3, 0.4) is 0 Å². The number of methoxy groups -OCH3 is 2. The second-order valence-corrected chi connectivity index (χ2v) is 11.4. The van der Waals surface area contributed by atoms with Gasteiger partial charge in [0, 0.05) is 29.9 Å². The molecule has 9 nitrogen and oxygen atoms in total. The Kier molecular flexibility index (Phi) is 7.88. The number of nitrogens with one attached hydrogen (secondary N) is 1. The number of amides is 2. The number of rotatable bonds is 10. The van der Waals surface area contributed by atoms with Gasteiger partial charge in [0.25, 0.3) is 5.91 Å². The van der Waals surface area contributed by atoms with Crippen molar-refractivity contribution in [1.82, 2.24) is 14.8 Å². The van der Waals surface area contributed by atoms with Crippen LogP contribution in [0.4, 0.5) is 0 Å². The molecule has 230 valence electrons. The molecule has 2 amide bonds. The molecule has 3 aromatic carbocycles. The smallest absolute Gasteiger partial charge is 0.255 e. The highest BCUT2D eigenvalue weighted by Gasteiger charge is 2.56. The number of hydrogen-bond acceptors (Lipinski definition) is 6. The monoisotopic (exact) mass is 597 g/mol. The van der Waals surface area contributed by atoms with Crippen molar-refractivity contribution in [3.63, 3.8) is 0 Å². The largest absolute Gasteiger partial charge is 0.493 e. The third-order valence-corrected chi connectivity index (χ3v) is 8.77. The summed E-state index contributed by atoms with van der Waals surface area (Å²) in [7, 11) is 3.16. The van der Waals surface area contributed by atoms with E-state index in [1.54, 1.807) is 24.0 Å². The zero-order chi connectivity index (χ0) is 31.0. The predicted octanol–water partition coefficient (Wildman–Crippen LogP) is 5.60. The number of fused-ring (bicyclic) bond motifs is 5. The maximum absolute atomic E-state index is 14.5. The van der Waals surface area contributed by atoms with Gasteiger partial charge in [-0.1, -0.05) is 37.3 Å². The van der Waals surface area contributed by atoms with Crippen molar-refractivity contribution < 1.29 is 28.5 Å². The molecular weight excluding hydrogens is 558 g/mol. The van der Waals surface area contributed by atoms with E-state index < -0.39 is 5.54 Å². The third kappa shape index (κ3) is 4.80. The highest BCUT2D eigenvalue weighted by molar-refractivity contribution is 6.01. The minimum Gasteiger partial charge on any atom is -0.493 e. The van der Waals surface area contributed by atoms with E-state index in [9.17, 15) is 9.59 Å². The molecule has 2 unspecified atom stereocenters. The van der Waals surface area contributed by atoms with Gasteiger partial charge in [-0.15, -0.1) is 0 Å². The molecule has 0 aliphatic carbocycles. The Morgan fingerprint density at radius 1 is 0.909 bits per heavy atom. The van der Waals surface area contributed by atoms with Crippen LogP contribution in [0.5, 0.6) is 23.0 Å². The summed E-state index contributed by atoms with van der Waals surface area (Å²) in [5.41, 5.74) is 3.34. The maximum atomic E-state index is 14.5. The van der Waals surface area contributed by atoms with Crippen LogP contribution in [-0.2, 0) is 21.7 Å². The molecule has 2 aliphatic rings. The lowest BCUT2D eigenvalue weighted by Gasteiger charge is -2.51. The van der Waals surface area contributed by atoms with E-state index in [4.69, 9.17) is 18.9 Å². The number of carbonyl (C=O) groups is 2. The summed E-state index contributed by atoms with van der Waals surface area (Å²) in [4.78, 5) is 35.4. The predicted molar refractivity (Wildman–Crippen MR) is 168 cm³/mol. The Labute approximate surface area is 257 Å². The van der Waals surface area contributed by atoms with E-state index in [1.165, 1.54) is 0 Å². The van der Waals surface area contributed by atoms with Gasteiger partial charge in [-0.25, -0.2) is 0 Å². The van der Waals surface area contributed by atoms with Crippen molar-refractivity contribution in [3.8, 4) is 23.0 Å². The number of aromatic nitrogens is 1. The van der Waals surface area contributed by atoms with Crippen molar-refractivity contribution in [2.24, 2.45) is 0 Å². The van der Waals surface area contributed by atoms with Gasteiger partial charge in [0.15, 0.2) is 28.5 Å². The summed E-state index contributed by atoms with van der Waals surface area (Å²) >= 11 is 0. The lowest BCUT2D eigenvalue weighted by atomic mass is 9.76. The number of carbonyl (C=O) groups excluding carboxylic acids is 2. The number of benzene rings is 3. The van der Waals surface area contributed by atoms with Crippen molar-refractivity contribution in [2.75, 3.05) is 40.5 Å². The molecule has 44 heavy (non-hydrogen) atoms. The van der Waals surface area contributed by atoms with Crippen LogP contribution in [0.1, 0.15) is 55.5 Å². The summed E-state index contributed by atoms with van der Waals surface area (Å²) in [5.74, 6) is 2.15. The van der Waals surface area contributed by atoms with E-state index in [-0.39, 0.29) is 30.8 Å². The highest BCUT2D eigenvalue weighted by Crippen LogP contribution is 2.49. The number of H-pyrrole nitrogens is 1. The Morgan fingerprint density at radius 3 is 2.43 bits per heavy atom. The topological polar surface area (TPSA) is 93.3 Å². The fourth-order valence-electron chi connectivity index (χ4n) is 6.64. The Morgan fingerprint density at radius 2 is 1.68 bits per heavy atom. The van der Waals surface area contributed by atoms with E-state index in [0.717, 1.165) is 39.7 Å². The average Bonchev–Trinajstić information content (AvgIpc) is 3.44. The van der Waals surface area contributed by atoms with Crippen LogP contribution < -0.4 is 18.9 Å². The molecule has 1 aromatic heterocycles. The number of aromatic amines is 1. The lowest BCUT2D eigenvalue weighted by Crippen LogP contribution is -2.67. The fourth-order valence-corrected chi connectivity index (χ4v) is 6.64. The Bertz CT molecular complexity index is 1710. The summed E-state index contributed by atoms with van der Waals surface area (Å²) < 4.78 is 22.8. The first-order valence-corrected chi connectivity index (χ1v) is 15.1. The summed E-state index contributed by atoms with van der Waals surface area (Å²) in [6.45, 7) is 7.60. The molecule has 6 rings (SSSR count). The molecule has 1 saturated heterocycles. The molecule has 2 atom stereocenters. The standard InChI is InChI=1S/C35H39N3O6/c1-6-16-44-28-15-13-23(18-30(28)43-7-2)25-20-38-31(39)21-37(19-22-12-14-27(41-4)29(17-22)42-5)34(40)35(38,3)33-32(25)24-10-8-9-11-26(24)36-33/h8-15,17-18,25,36H,6-7,16,19-21H2,1-5H3. The van der Waals surface area contributed by atoms with Crippen molar-refractivity contribution in [1.29, 1.82) is 0 Å². The second kappa shape index (κ2) is 11.8. The molecule has 0 radical (unpaired) electrons. The normalized spacial score (nSPS) is 19.5. The molecule has 0 bridgehead atoms. The molecule has 0 spiro atoms. The van der Waals surface area contributed by atoms with Crippen LogP contribution in [0.15, 0.2) is 60.7 Å². The maximum Gasteiger partial charge on any atom is 0.255 e. The molecule has 0 saturated carbocycles. The first-order valence-electron chi connectivity index (χ1n) is 15.1. The Balaban J connectivity index is 1.43. The zero-order valence-corrected chi connectivity index (χ0v) is 25.9. The van der Waals surface area contributed by atoms with Crippen molar-refractivity contribution >= 4 is 22.7 Å². The lowest BCUT2D eigenvalue weighted by molar-refractivity contribution is -0.166. The summed E-state index contributed by atoms with van der Waals surface area (Å²) in [5, 5.41) is 1.04. The van der Waals surface area contributed by atoms with Gasteiger partial charge < -0.3 is 33.7 Å². The summed E-state index contributed by atoms with van der Waals surface area (Å²) in [6, 6.07) is 19.7. The SMILES string of the molecule is CCCOc1ccc(C2CN3C(=O)CN(Cc4ccc(OC)c(OC)c4)C(=O)C3(C)c3[nH]c4ccccc4c32)cc1OCC. The first kappa shape index (κ1) is 29.4. The third-order valence-electron chi connectivity index (χ3n) is 8.77. The van der Waals surface area contributed by atoms with Gasteiger partial charge in [0.2, 0.25) is 5.91 Å². The van der Waals surface area contributed by atoms with Crippen LogP contribution in [0, 0.1) is 0 Å². The van der Waals surface area contributed by atoms with Crippen LogP contribution in [0.2, 0.25) is 0 Å². The molecular formula is C35H39N3O6. The molecule has 1 fully saturated rings. The molecule has 9 heteroatoms. The number of ether oxygens (including phenoxy) is 4. The molecule has 2 aliphatic heterocycles. The van der Waals surface area contributed by atoms with Crippen molar-refractivity contribution in [2.45, 2.75) is 45.2 Å². The number of nitrogens with zero attached hydrogens (tertiary/aromatic N) is 2. The minimum absolute atomic E-state index is 0.0148. The quantitative estimate of drug-likeness (QED) is 0.256. The first-order chi connectivity index (χ1) is 21.3. The van der Waals surface area contributed by atoms with Gasteiger partial charge >= 0.3 is 0 Å². The second-order valence-electron chi connectivity index (χ2n) is 11.4. The Hall–Kier alpha value is -4.66. The van der Waals surface area contributed by atoms with E-state index in [0.29, 0.717) is 42.8 Å². The van der Waals surface area contributed by atoms with Crippen molar-refractivity contribution in [3.05, 3.63) is 83.0 Å². The highest BCUT2D eigenvalue weighted by atomic mass is 16.5. The summed E-state index contributed by atoms with van der Waals surface area (Å²) in [6.07, 6.45) is 0.890. The van der Waals surface area contributed by atoms with Gasteiger partial charge in [0.05, 0.1) is 33.1 Å². The zero-order valence-electron chi connectivity index (χ0n) is 25.9. The van der Waals surface area contributed by atoms with Gasteiger partial charge in [-0.3, -0.25) is 9.59 Å². The van der Waals surface area contributed by atoms with E-state index >= 15 is 0 Å². The van der Waals surface area contributed by atoms with Gasteiger partial charge in [-0.05, 0) is 67.3 Å². The van der Waals surface area contributed by atoms with E-state index in [1.807, 2.05) is 68.4 Å². The van der Waals surface area contributed by atoms with Crippen LogP contribution in [0.25, 0.3) is 10.9 Å². The average molecular weight is 598 g/mol.